The Kier molecular flexibility index (Phi) is 5.33. The van der Waals surface area contributed by atoms with Crippen molar-refractivity contribution in [3.05, 3.63) is 59.7 Å². The zero-order chi connectivity index (χ0) is 21.3. The second kappa shape index (κ2) is 7.58. The highest BCUT2D eigenvalue weighted by Crippen LogP contribution is 2.47. The van der Waals surface area contributed by atoms with Gasteiger partial charge in [-0.2, -0.15) is 0 Å². The molecule has 3 rings (SSSR count). The first-order chi connectivity index (χ1) is 13.6. The van der Waals surface area contributed by atoms with Crippen LogP contribution in [0.15, 0.2) is 48.5 Å². The zero-order valence-corrected chi connectivity index (χ0v) is 16.6. The van der Waals surface area contributed by atoms with Gasteiger partial charge in [-0.3, -0.25) is 9.59 Å². The molecule has 0 fully saturated rings. The number of ether oxygens (including phenoxy) is 1. The van der Waals surface area contributed by atoms with Crippen molar-refractivity contribution in [3.63, 3.8) is 0 Å². The Hall–Kier alpha value is -3.35. The van der Waals surface area contributed by atoms with Crippen LogP contribution in [0.5, 0.6) is 5.75 Å². The van der Waals surface area contributed by atoms with Crippen molar-refractivity contribution < 1.29 is 24.2 Å². The number of hydrogen-bond donors (Lipinski definition) is 2. The summed E-state index contributed by atoms with van der Waals surface area (Å²) in [6, 6.07) is 14.6. The molecule has 0 saturated carbocycles. The molecule has 1 amide bonds. The topological polar surface area (TPSA) is 110 Å². The molecule has 2 aromatic rings. The lowest BCUT2D eigenvalue weighted by Gasteiger charge is -2.26. The van der Waals surface area contributed by atoms with Gasteiger partial charge in [0.2, 0.25) is 5.78 Å². The van der Waals surface area contributed by atoms with Crippen molar-refractivity contribution in [3.8, 4) is 5.75 Å². The molecule has 29 heavy (non-hydrogen) atoms. The van der Waals surface area contributed by atoms with Crippen molar-refractivity contribution >= 4 is 23.3 Å². The van der Waals surface area contributed by atoms with Crippen molar-refractivity contribution in [1.29, 1.82) is 0 Å². The number of amides is 1. The van der Waals surface area contributed by atoms with Gasteiger partial charge in [-0.05, 0) is 38.5 Å². The number of Topliss-reactive ketones (excluding diaryl/α,β-unsaturated/α-hetero) is 1. The first kappa shape index (κ1) is 20.4. The molecule has 7 nitrogen and oxygen atoms in total. The van der Waals surface area contributed by atoms with Crippen LogP contribution in [0.4, 0.5) is 5.69 Å². The number of nitrogens with two attached hydrogens (primary N) is 1. The van der Waals surface area contributed by atoms with Crippen molar-refractivity contribution in [2.75, 3.05) is 4.90 Å². The number of benzene rings is 2. The number of ketones is 1. The van der Waals surface area contributed by atoms with Gasteiger partial charge in [0.25, 0.3) is 5.91 Å². The number of carbonyl (C=O) groups excluding carboxylic acids is 2. The number of fused-ring (bicyclic) bond motifs is 1. The third kappa shape index (κ3) is 3.81. The molecule has 2 unspecified atom stereocenters. The minimum atomic E-state index is -1.51. The predicted octanol–water partition coefficient (Wildman–Crippen LogP) is 2.48. The maximum absolute atomic E-state index is 12.7. The quantitative estimate of drug-likeness (QED) is 0.696. The third-order valence-corrected chi connectivity index (χ3v) is 5.24. The summed E-state index contributed by atoms with van der Waals surface area (Å²) in [7, 11) is 0. The van der Waals surface area contributed by atoms with Gasteiger partial charge in [-0.25, -0.2) is 4.79 Å². The molecule has 1 aliphatic rings. The van der Waals surface area contributed by atoms with Gasteiger partial charge in [0.05, 0.1) is 5.92 Å². The molecule has 152 valence electrons. The molecule has 1 heterocycles. The second-order valence-electron chi connectivity index (χ2n) is 7.67. The molecular weight excluding hydrogens is 372 g/mol. The molecule has 2 aromatic carbocycles. The van der Waals surface area contributed by atoms with E-state index in [-0.39, 0.29) is 11.8 Å². The van der Waals surface area contributed by atoms with E-state index in [4.69, 9.17) is 10.5 Å². The van der Waals surface area contributed by atoms with Crippen LogP contribution in [-0.2, 0) is 20.9 Å². The number of nitrogens with zero attached hydrogens (tertiary/aromatic N) is 1. The summed E-state index contributed by atoms with van der Waals surface area (Å²) in [6.45, 7) is 5.23. The molecule has 7 heteroatoms. The van der Waals surface area contributed by atoms with E-state index >= 15 is 0 Å². The van der Waals surface area contributed by atoms with Gasteiger partial charge in [0, 0.05) is 23.8 Å². The van der Waals surface area contributed by atoms with E-state index in [0.717, 1.165) is 11.3 Å². The predicted molar refractivity (Wildman–Crippen MR) is 108 cm³/mol. The summed E-state index contributed by atoms with van der Waals surface area (Å²) in [5.41, 5.74) is 6.06. The summed E-state index contributed by atoms with van der Waals surface area (Å²) in [5.74, 6) is -3.47. The van der Waals surface area contributed by atoms with Crippen LogP contribution in [0, 0.1) is 0 Å². The molecular formula is C22H24N2O5. The van der Waals surface area contributed by atoms with E-state index in [1.165, 1.54) is 13.8 Å². The fourth-order valence-corrected chi connectivity index (χ4v) is 3.66. The third-order valence-electron chi connectivity index (χ3n) is 5.24. The SMILES string of the molecule is CC1C(C(=O)C(N)=O)c2c(OC(C)(C)C(=O)O)cccc2N1Cc1ccccc1. The maximum atomic E-state index is 12.7. The van der Waals surface area contributed by atoms with Crippen LogP contribution < -0.4 is 15.4 Å². The largest absolute Gasteiger partial charge is 0.478 e. The highest BCUT2D eigenvalue weighted by atomic mass is 16.5. The maximum Gasteiger partial charge on any atom is 0.347 e. The number of primary amides is 1. The van der Waals surface area contributed by atoms with Gasteiger partial charge < -0.3 is 20.5 Å². The van der Waals surface area contributed by atoms with Gasteiger partial charge in [-0.15, -0.1) is 0 Å². The van der Waals surface area contributed by atoms with Crippen LogP contribution in [0.1, 0.15) is 37.8 Å². The molecule has 0 radical (unpaired) electrons. The monoisotopic (exact) mass is 396 g/mol. The van der Waals surface area contributed by atoms with Crippen LogP contribution in [-0.4, -0.2) is 34.4 Å². The molecule has 0 aromatic heterocycles. The van der Waals surface area contributed by atoms with E-state index in [9.17, 15) is 19.5 Å². The minimum absolute atomic E-state index is 0.261. The summed E-state index contributed by atoms with van der Waals surface area (Å²) in [6.07, 6.45) is 0. The Balaban J connectivity index is 2.10. The average Bonchev–Trinajstić information content (AvgIpc) is 2.94. The summed E-state index contributed by atoms with van der Waals surface area (Å²) in [4.78, 5) is 38.0. The Bertz CT molecular complexity index is 955. The number of anilines is 1. The molecule has 0 spiro atoms. The first-order valence-electron chi connectivity index (χ1n) is 9.33. The average molecular weight is 396 g/mol. The Morgan fingerprint density at radius 3 is 2.34 bits per heavy atom. The molecule has 0 bridgehead atoms. The highest BCUT2D eigenvalue weighted by Gasteiger charge is 2.44. The minimum Gasteiger partial charge on any atom is -0.478 e. The fourth-order valence-electron chi connectivity index (χ4n) is 3.66. The molecule has 3 N–H and O–H groups in total. The second-order valence-corrected chi connectivity index (χ2v) is 7.67. The standard InChI is InChI=1S/C22H24N2O5/c1-13-17(19(25)20(23)26)18-15(24(13)12-14-8-5-4-6-9-14)10-7-11-16(18)29-22(2,3)21(27)28/h4-11,13,17H,12H2,1-3H3,(H2,23,26)(H,27,28). The Morgan fingerprint density at radius 1 is 1.10 bits per heavy atom. The van der Waals surface area contributed by atoms with Crippen LogP contribution in [0.2, 0.25) is 0 Å². The van der Waals surface area contributed by atoms with Gasteiger partial charge in [0.1, 0.15) is 5.75 Å². The van der Waals surface area contributed by atoms with Gasteiger partial charge in [-0.1, -0.05) is 36.4 Å². The van der Waals surface area contributed by atoms with E-state index in [1.807, 2.05) is 48.2 Å². The number of carbonyl (C=O) groups is 3. The zero-order valence-electron chi connectivity index (χ0n) is 16.6. The molecule has 1 aliphatic heterocycles. The van der Waals surface area contributed by atoms with Gasteiger partial charge >= 0.3 is 5.97 Å². The number of rotatable bonds is 7. The molecule has 2 atom stereocenters. The lowest BCUT2D eigenvalue weighted by atomic mass is 9.90. The van der Waals surface area contributed by atoms with Crippen molar-refractivity contribution in [2.45, 2.75) is 44.9 Å². The number of hydrogen-bond acceptors (Lipinski definition) is 5. The van der Waals surface area contributed by atoms with Gasteiger partial charge in [0.15, 0.2) is 5.60 Å². The van der Waals surface area contributed by atoms with E-state index in [2.05, 4.69) is 0 Å². The lowest BCUT2D eigenvalue weighted by Crippen LogP contribution is -2.39. The molecule has 0 saturated heterocycles. The van der Waals surface area contributed by atoms with E-state index < -0.39 is 29.2 Å². The summed E-state index contributed by atoms with van der Waals surface area (Å²) < 4.78 is 5.78. The summed E-state index contributed by atoms with van der Waals surface area (Å²) >= 11 is 0. The Labute approximate surface area is 169 Å². The number of carboxylic acid groups (broad SMARTS) is 1. The van der Waals surface area contributed by atoms with Crippen LogP contribution >= 0.6 is 0 Å². The molecule has 0 aliphatic carbocycles. The smallest absolute Gasteiger partial charge is 0.347 e. The van der Waals surface area contributed by atoms with E-state index in [0.29, 0.717) is 12.1 Å². The fraction of sp³-hybridized carbons (Fsp3) is 0.318. The highest BCUT2D eigenvalue weighted by molar-refractivity contribution is 6.38. The van der Waals surface area contributed by atoms with Crippen LogP contribution in [0.25, 0.3) is 0 Å². The number of carboxylic acids is 1. The lowest BCUT2D eigenvalue weighted by molar-refractivity contribution is -0.152. The normalized spacial score (nSPS) is 18.2. The van der Waals surface area contributed by atoms with Crippen LogP contribution in [0.3, 0.4) is 0 Å². The first-order valence-corrected chi connectivity index (χ1v) is 9.33. The number of aliphatic carboxylic acids is 1. The van der Waals surface area contributed by atoms with Crippen molar-refractivity contribution in [2.24, 2.45) is 5.73 Å². The van der Waals surface area contributed by atoms with Crippen molar-refractivity contribution in [1.82, 2.24) is 0 Å². The summed E-state index contributed by atoms with van der Waals surface area (Å²) in [5, 5.41) is 9.44. The Morgan fingerprint density at radius 2 is 1.76 bits per heavy atom. The van der Waals surface area contributed by atoms with E-state index in [1.54, 1.807) is 12.1 Å².